The van der Waals surface area contributed by atoms with E-state index in [1.165, 1.54) is 36.6 Å². The number of benzene rings is 1. The van der Waals surface area contributed by atoms with Crippen molar-refractivity contribution in [3.8, 4) is 5.75 Å². The Kier molecular flexibility index (Phi) is 5.54. The zero-order valence-electron chi connectivity index (χ0n) is 13.8. The molecule has 0 saturated carbocycles. The SMILES string of the molecule is COc1cc([N+](=O)[O-])ccc1NC(=O)C[NH+]1C[C@H](C)C[C@H](C)C1. The third-order valence-corrected chi connectivity index (χ3v) is 4.16. The van der Waals surface area contributed by atoms with Crippen LogP contribution in [0.1, 0.15) is 20.3 Å². The number of hydrogen-bond donors (Lipinski definition) is 2. The minimum atomic E-state index is -0.491. The van der Waals surface area contributed by atoms with Gasteiger partial charge < -0.3 is 15.0 Å². The number of rotatable bonds is 5. The van der Waals surface area contributed by atoms with E-state index in [1.54, 1.807) is 0 Å². The highest BCUT2D eigenvalue weighted by Crippen LogP contribution is 2.28. The molecule has 126 valence electrons. The summed E-state index contributed by atoms with van der Waals surface area (Å²) in [5.74, 6) is 1.43. The van der Waals surface area contributed by atoms with Gasteiger partial charge in [-0.05, 0) is 12.5 Å². The Morgan fingerprint density at radius 2 is 2.04 bits per heavy atom. The lowest BCUT2D eigenvalue weighted by molar-refractivity contribution is -0.904. The Morgan fingerprint density at radius 1 is 1.39 bits per heavy atom. The summed E-state index contributed by atoms with van der Waals surface area (Å²) in [6.07, 6.45) is 1.21. The lowest BCUT2D eigenvalue weighted by Gasteiger charge is -2.31. The number of non-ortho nitro benzene ring substituents is 1. The zero-order valence-corrected chi connectivity index (χ0v) is 13.8. The first-order valence-electron chi connectivity index (χ1n) is 7.85. The first-order valence-corrected chi connectivity index (χ1v) is 7.85. The Hall–Kier alpha value is -2.15. The van der Waals surface area contributed by atoms with Gasteiger partial charge >= 0.3 is 0 Å². The maximum atomic E-state index is 12.3. The predicted octanol–water partition coefficient (Wildman–Crippen LogP) is 1.10. The molecule has 23 heavy (non-hydrogen) atoms. The molecule has 2 rings (SSSR count). The van der Waals surface area contributed by atoms with E-state index < -0.39 is 4.92 Å². The van der Waals surface area contributed by atoms with Gasteiger partial charge in [-0.25, -0.2) is 0 Å². The highest BCUT2D eigenvalue weighted by atomic mass is 16.6. The number of ether oxygens (including phenoxy) is 1. The summed E-state index contributed by atoms with van der Waals surface area (Å²) in [7, 11) is 1.42. The summed E-state index contributed by atoms with van der Waals surface area (Å²) in [6, 6.07) is 4.18. The number of nitrogens with one attached hydrogen (secondary N) is 2. The summed E-state index contributed by atoms with van der Waals surface area (Å²) >= 11 is 0. The van der Waals surface area contributed by atoms with Crippen LogP contribution in [0.4, 0.5) is 11.4 Å². The van der Waals surface area contributed by atoms with Gasteiger partial charge in [0.2, 0.25) is 0 Å². The van der Waals surface area contributed by atoms with Gasteiger partial charge in [-0.15, -0.1) is 0 Å². The first-order chi connectivity index (χ1) is 10.9. The van der Waals surface area contributed by atoms with E-state index in [1.807, 2.05) is 0 Å². The number of piperidine rings is 1. The Labute approximate surface area is 135 Å². The van der Waals surface area contributed by atoms with Gasteiger partial charge in [0.25, 0.3) is 11.6 Å². The zero-order chi connectivity index (χ0) is 17.0. The molecular weight excluding hydrogens is 298 g/mol. The van der Waals surface area contributed by atoms with Crippen LogP contribution in [0.5, 0.6) is 5.75 Å². The van der Waals surface area contributed by atoms with Crippen LogP contribution < -0.4 is 15.0 Å². The lowest BCUT2D eigenvalue weighted by Crippen LogP contribution is -3.15. The molecule has 0 aliphatic carbocycles. The molecule has 1 aliphatic heterocycles. The molecule has 0 spiro atoms. The quantitative estimate of drug-likeness (QED) is 0.628. The van der Waals surface area contributed by atoms with Crippen molar-refractivity contribution in [1.29, 1.82) is 0 Å². The van der Waals surface area contributed by atoms with Gasteiger partial charge in [-0.2, -0.15) is 0 Å². The molecular formula is C16H24N3O4+. The summed E-state index contributed by atoms with van der Waals surface area (Å²) < 4.78 is 5.14. The number of amides is 1. The molecule has 1 aromatic rings. The van der Waals surface area contributed by atoms with Crippen molar-refractivity contribution in [3.05, 3.63) is 28.3 Å². The molecule has 0 radical (unpaired) electrons. The number of quaternary nitrogens is 1. The van der Waals surface area contributed by atoms with Crippen molar-refractivity contribution >= 4 is 17.3 Å². The monoisotopic (exact) mass is 322 g/mol. The van der Waals surface area contributed by atoms with Gasteiger partial charge in [-0.1, -0.05) is 13.8 Å². The molecule has 1 aromatic carbocycles. The maximum Gasteiger partial charge on any atom is 0.279 e. The molecule has 0 aromatic heterocycles. The maximum absolute atomic E-state index is 12.3. The highest BCUT2D eigenvalue weighted by molar-refractivity contribution is 5.93. The molecule has 1 amide bonds. The van der Waals surface area contributed by atoms with E-state index in [0.717, 1.165) is 13.1 Å². The number of nitro groups is 1. The smallest absolute Gasteiger partial charge is 0.279 e. The Balaban J connectivity index is 2.01. The second-order valence-corrected chi connectivity index (χ2v) is 6.47. The highest BCUT2D eigenvalue weighted by Gasteiger charge is 2.27. The number of carbonyl (C=O) groups excluding carboxylic acids is 1. The van der Waals surface area contributed by atoms with E-state index in [9.17, 15) is 14.9 Å². The van der Waals surface area contributed by atoms with Crippen molar-refractivity contribution in [1.82, 2.24) is 0 Å². The molecule has 0 bridgehead atoms. The Bertz CT molecular complexity index is 581. The molecule has 7 heteroatoms. The van der Waals surface area contributed by atoms with Crippen LogP contribution in [0.2, 0.25) is 0 Å². The molecule has 1 fully saturated rings. The number of methoxy groups -OCH3 is 1. The van der Waals surface area contributed by atoms with E-state index in [4.69, 9.17) is 4.74 Å². The molecule has 1 saturated heterocycles. The molecule has 3 atom stereocenters. The standard InChI is InChI=1S/C16H23N3O4/c1-11-6-12(2)9-18(8-11)10-16(20)17-14-5-4-13(19(21)22)7-15(14)23-3/h4-5,7,11-12H,6,8-10H2,1-3H3,(H,17,20)/p+1/t11-,12+. The summed E-state index contributed by atoms with van der Waals surface area (Å²) in [4.78, 5) is 23.8. The van der Waals surface area contributed by atoms with E-state index in [0.29, 0.717) is 29.8 Å². The molecule has 1 heterocycles. The number of likely N-dealkylation sites (tertiary alicyclic amines) is 1. The van der Waals surface area contributed by atoms with Crippen LogP contribution in [0.25, 0.3) is 0 Å². The normalized spacial score (nSPS) is 24.0. The number of hydrogen-bond acceptors (Lipinski definition) is 4. The minimum Gasteiger partial charge on any atom is -0.494 e. The number of nitrogens with zero attached hydrogens (tertiary/aromatic N) is 1. The van der Waals surface area contributed by atoms with E-state index >= 15 is 0 Å². The van der Waals surface area contributed by atoms with Crippen LogP contribution in [-0.2, 0) is 4.79 Å². The van der Waals surface area contributed by atoms with Crippen LogP contribution >= 0.6 is 0 Å². The van der Waals surface area contributed by atoms with E-state index in [2.05, 4.69) is 19.2 Å². The number of anilines is 1. The average Bonchev–Trinajstić information content (AvgIpc) is 2.46. The molecule has 1 unspecified atom stereocenters. The summed E-state index contributed by atoms with van der Waals surface area (Å²) in [5.41, 5.74) is 0.393. The summed E-state index contributed by atoms with van der Waals surface area (Å²) in [6.45, 7) is 6.82. The fraction of sp³-hybridized carbons (Fsp3) is 0.562. The number of nitro benzene ring substituents is 1. The van der Waals surface area contributed by atoms with Crippen molar-refractivity contribution in [2.75, 3.05) is 32.1 Å². The molecule has 7 nitrogen and oxygen atoms in total. The van der Waals surface area contributed by atoms with Gasteiger partial charge in [0, 0.05) is 17.9 Å². The van der Waals surface area contributed by atoms with Crippen LogP contribution in [0.15, 0.2) is 18.2 Å². The minimum absolute atomic E-state index is 0.0656. The van der Waals surface area contributed by atoms with Crippen LogP contribution in [0, 0.1) is 22.0 Å². The largest absolute Gasteiger partial charge is 0.494 e. The van der Waals surface area contributed by atoms with Crippen LogP contribution in [-0.4, -0.2) is 37.6 Å². The van der Waals surface area contributed by atoms with Gasteiger partial charge in [-0.3, -0.25) is 14.9 Å². The second-order valence-electron chi connectivity index (χ2n) is 6.47. The second kappa shape index (κ2) is 7.41. The predicted molar refractivity (Wildman–Crippen MR) is 86.8 cm³/mol. The topological polar surface area (TPSA) is 85.9 Å². The van der Waals surface area contributed by atoms with Gasteiger partial charge in [0.15, 0.2) is 6.54 Å². The third kappa shape index (κ3) is 4.66. The molecule has 1 aliphatic rings. The number of carbonyl (C=O) groups is 1. The first kappa shape index (κ1) is 17.2. The Morgan fingerprint density at radius 3 is 2.61 bits per heavy atom. The van der Waals surface area contributed by atoms with Crippen LogP contribution in [0.3, 0.4) is 0 Å². The van der Waals surface area contributed by atoms with Crippen molar-refractivity contribution in [2.45, 2.75) is 20.3 Å². The average molecular weight is 322 g/mol. The van der Waals surface area contributed by atoms with Gasteiger partial charge in [0.05, 0.1) is 36.9 Å². The lowest BCUT2D eigenvalue weighted by atomic mass is 9.92. The van der Waals surface area contributed by atoms with Crippen molar-refractivity contribution < 1.29 is 19.4 Å². The van der Waals surface area contributed by atoms with Crippen molar-refractivity contribution in [2.24, 2.45) is 11.8 Å². The molecule has 2 N–H and O–H groups in total. The van der Waals surface area contributed by atoms with Gasteiger partial charge in [0.1, 0.15) is 5.75 Å². The fourth-order valence-corrected chi connectivity index (χ4v) is 3.39. The van der Waals surface area contributed by atoms with E-state index in [-0.39, 0.29) is 11.6 Å². The van der Waals surface area contributed by atoms with Crippen molar-refractivity contribution in [3.63, 3.8) is 0 Å². The third-order valence-electron chi connectivity index (χ3n) is 4.16. The fourth-order valence-electron chi connectivity index (χ4n) is 3.39. The summed E-state index contributed by atoms with van der Waals surface area (Å²) in [5, 5.41) is 13.6.